The third kappa shape index (κ3) is 2.97. The Morgan fingerprint density at radius 3 is 2.82 bits per heavy atom. The summed E-state index contributed by atoms with van der Waals surface area (Å²) in [5, 5.41) is 16.2. The van der Waals surface area contributed by atoms with Gasteiger partial charge in [-0.1, -0.05) is 12.1 Å². The lowest BCUT2D eigenvalue weighted by Gasteiger charge is -2.24. The summed E-state index contributed by atoms with van der Waals surface area (Å²) < 4.78 is 0. The molecular formula is C11H17N3O2S. The van der Waals surface area contributed by atoms with Crippen LogP contribution in [0.3, 0.4) is 0 Å². The van der Waals surface area contributed by atoms with Crippen molar-refractivity contribution in [3.8, 4) is 0 Å². The summed E-state index contributed by atoms with van der Waals surface area (Å²) in [6, 6.07) is 1.93. The first-order valence-electron chi connectivity index (χ1n) is 5.29. The van der Waals surface area contributed by atoms with Gasteiger partial charge in [-0.3, -0.25) is 4.79 Å². The Morgan fingerprint density at radius 2 is 2.29 bits per heavy atom. The van der Waals surface area contributed by atoms with E-state index in [9.17, 15) is 4.79 Å². The average molecular weight is 255 g/mol. The number of amidine groups is 1. The molecule has 0 saturated heterocycles. The minimum Gasteiger partial charge on any atom is -0.409 e. The molecule has 94 valence electrons. The van der Waals surface area contributed by atoms with Crippen molar-refractivity contribution in [3.05, 3.63) is 21.9 Å². The Labute approximate surface area is 104 Å². The molecule has 1 aromatic heterocycles. The Bertz CT molecular complexity index is 438. The molecule has 0 radical (unpaired) electrons. The van der Waals surface area contributed by atoms with Gasteiger partial charge >= 0.3 is 0 Å². The molecule has 0 bridgehead atoms. The molecule has 0 aliphatic carbocycles. The van der Waals surface area contributed by atoms with Crippen LogP contribution >= 0.6 is 11.3 Å². The molecular weight excluding hydrogens is 238 g/mol. The smallest absolute Gasteiger partial charge is 0.262 e. The second kappa shape index (κ2) is 5.18. The SMILES string of the molecule is CCc1ccsc1C(=O)NC(C)(C)C(N)=NO. The quantitative estimate of drug-likeness (QED) is 0.330. The van der Waals surface area contributed by atoms with E-state index in [-0.39, 0.29) is 11.7 Å². The summed E-state index contributed by atoms with van der Waals surface area (Å²) in [6.07, 6.45) is 0.802. The number of oxime groups is 1. The highest BCUT2D eigenvalue weighted by Crippen LogP contribution is 2.18. The molecule has 1 rings (SSSR count). The Kier molecular flexibility index (Phi) is 4.11. The molecule has 0 aliphatic rings. The molecule has 0 aromatic carbocycles. The Morgan fingerprint density at radius 1 is 1.65 bits per heavy atom. The number of carbonyl (C=O) groups is 1. The third-order valence-electron chi connectivity index (χ3n) is 2.51. The number of carbonyl (C=O) groups excluding carboxylic acids is 1. The van der Waals surface area contributed by atoms with Gasteiger partial charge in [0.2, 0.25) is 0 Å². The van der Waals surface area contributed by atoms with E-state index in [0.717, 1.165) is 12.0 Å². The van der Waals surface area contributed by atoms with Gasteiger partial charge in [0.15, 0.2) is 5.84 Å². The van der Waals surface area contributed by atoms with Crippen LogP contribution < -0.4 is 11.1 Å². The number of amides is 1. The zero-order valence-corrected chi connectivity index (χ0v) is 11.0. The van der Waals surface area contributed by atoms with Crippen molar-refractivity contribution in [1.29, 1.82) is 0 Å². The second-order valence-corrected chi connectivity index (χ2v) is 5.11. The number of rotatable bonds is 4. The molecule has 0 unspecified atom stereocenters. The lowest BCUT2D eigenvalue weighted by molar-refractivity contribution is 0.0934. The Balaban J connectivity index is 2.87. The number of nitrogens with two attached hydrogens (primary N) is 1. The number of nitrogens with one attached hydrogen (secondary N) is 1. The van der Waals surface area contributed by atoms with Crippen molar-refractivity contribution < 1.29 is 10.0 Å². The zero-order valence-electron chi connectivity index (χ0n) is 10.2. The van der Waals surface area contributed by atoms with Crippen LogP contribution in [0.15, 0.2) is 16.6 Å². The molecule has 1 aromatic rings. The van der Waals surface area contributed by atoms with Crippen molar-refractivity contribution in [3.63, 3.8) is 0 Å². The number of aryl methyl sites for hydroxylation is 1. The van der Waals surface area contributed by atoms with Gasteiger partial charge < -0.3 is 16.3 Å². The molecule has 0 aliphatic heterocycles. The van der Waals surface area contributed by atoms with Gasteiger partial charge in [-0.2, -0.15) is 0 Å². The summed E-state index contributed by atoms with van der Waals surface area (Å²) >= 11 is 1.39. The van der Waals surface area contributed by atoms with E-state index in [0.29, 0.717) is 4.88 Å². The van der Waals surface area contributed by atoms with Crippen LogP contribution in [0.5, 0.6) is 0 Å². The fourth-order valence-electron chi connectivity index (χ4n) is 1.34. The molecule has 1 amide bonds. The van der Waals surface area contributed by atoms with Crippen molar-refractivity contribution >= 4 is 23.1 Å². The number of hydrogen-bond acceptors (Lipinski definition) is 4. The van der Waals surface area contributed by atoms with Gasteiger partial charge in [-0.25, -0.2) is 0 Å². The highest BCUT2D eigenvalue weighted by molar-refractivity contribution is 7.12. The fraction of sp³-hybridized carbons (Fsp3) is 0.455. The van der Waals surface area contributed by atoms with E-state index in [1.807, 2.05) is 18.4 Å². The normalized spacial score (nSPS) is 12.5. The van der Waals surface area contributed by atoms with Gasteiger partial charge in [-0.05, 0) is 37.3 Å². The van der Waals surface area contributed by atoms with E-state index in [2.05, 4.69) is 10.5 Å². The predicted molar refractivity (Wildman–Crippen MR) is 68.7 cm³/mol. The van der Waals surface area contributed by atoms with Crippen LogP contribution in [0.4, 0.5) is 0 Å². The van der Waals surface area contributed by atoms with Crippen LogP contribution in [0.25, 0.3) is 0 Å². The topological polar surface area (TPSA) is 87.7 Å². The van der Waals surface area contributed by atoms with Gasteiger partial charge in [-0.15, -0.1) is 11.3 Å². The summed E-state index contributed by atoms with van der Waals surface area (Å²) in [6.45, 7) is 5.35. The van der Waals surface area contributed by atoms with E-state index in [1.54, 1.807) is 13.8 Å². The maximum atomic E-state index is 12.0. The first-order valence-corrected chi connectivity index (χ1v) is 6.17. The van der Waals surface area contributed by atoms with Crippen LogP contribution in [0.1, 0.15) is 36.0 Å². The summed E-state index contributed by atoms with van der Waals surface area (Å²) in [5.74, 6) is -0.228. The summed E-state index contributed by atoms with van der Waals surface area (Å²) in [7, 11) is 0. The van der Waals surface area contributed by atoms with Crippen LogP contribution in [0.2, 0.25) is 0 Å². The van der Waals surface area contributed by atoms with Gasteiger partial charge in [0, 0.05) is 0 Å². The molecule has 6 heteroatoms. The lowest BCUT2D eigenvalue weighted by atomic mass is 10.0. The fourth-order valence-corrected chi connectivity index (χ4v) is 2.23. The maximum absolute atomic E-state index is 12.0. The van der Waals surface area contributed by atoms with Crippen LogP contribution in [-0.2, 0) is 6.42 Å². The maximum Gasteiger partial charge on any atom is 0.262 e. The molecule has 0 atom stereocenters. The van der Waals surface area contributed by atoms with E-state index >= 15 is 0 Å². The summed E-state index contributed by atoms with van der Waals surface area (Å²) in [4.78, 5) is 12.7. The minimum absolute atomic E-state index is 0.0274. The molecule has 0 spiro atoms. The van der Waals surface area contributed by atoms with Crippen molar-refractivity contribution in [2.24, 2.45) is 10.9 Å². The first kappa shape index (κ1) is 13.5. The Hall–Kier alpha value is -1.56. The second-order valence-electron chi connectivity index (χ2n) is 4.19. The monoisotopic (exact) mass is 255 g/mol. The average Bonchev–Trinajstić information content (AvgIpc) is 2.75. The van der Waals surface area contributed by atoms with Gasteiger partial charge in [0.25, 0.3) is 5.91 Å². The van der Waals surface area contributed by atoms with Gasteiger partial charge in [0.1, 0.15) is 0 Å². The predicted octanol–water partition coefficient (Wildman–Crippen LogP) is 1.57. The van der Waals surface area contributed by atoms with E-state index in [1.165, 1.54) is 11.3 Å². The molecule has 0 saturated carbocycles. The minimum atomic E-state index is -0.874. The molecule has 17 heavy (non-hydrogen) atoms. The van der Waals surface area contributed by atoms with Crippen molar-refractivity contribution in [2.75, 3.05) is 0 Å². The lowest BCUT2D eigenvalue weighted by Crippen LogP contribution is -2.53. The highest BCUT2D eigenvalue weighted by atomic mass is 32.1. The van der Waals surface area contributed by atoms with Crippen molar-refractivity contribution in [1.82, 2.24) is 5.32 Å². The van der Waals surface area contributed by atoms with Gasteiger partial charge in [0.05, 0.1) is 10.4 Å². The van der Waals surface area contributed by atoms with Crippen LogP contribution in [0, 0.1) is 0 Å². The van der Waals surface area contributed by atoms with E-state index in [4.69, 9.17) is 10.9 Å². The number of hydrogen-bond donors (Lipinski definition) is 3. The largest absolute Gasteiger partial charge is 0.409 e. The highest BCUT2D eigenvalue weighted by Gasteiger charge is 2.27. The molecule has 4 N–H and O–H groups in total. The van der Waals surface area contributed by atoms with E-state index < -0.39 is 5.54 Å². The summed E-state index contributed by atoms with van der Waals surface area (Å²) in [5.41, 5.74) is 5.64. The number of nitrogens with zero attached hydrogens (tertiary/aromatic N) is 1. The number of thiophene rings is 1. The van der Waals surface area contributed by atoms with Crippen LogP contribution in [-0.4, -0.2) is 22.5 Å². The molecule has 1 heterocycles. The standard InChI is InChI=1S/C11H17N3O2S/c1-4-7-5-6-17-8(7)9(15)13-11(2,3)10(12)14-16/h5-6,16H,4H2,1-3H3,(H2,12,14)(H,13,15). The zero-order chi connectivity index (χ0) is 13.1. The molecule has 5 nitrogen and oxygen atoms in total. The first-order chi connectivity index (χ1) is 7.92. The third-order valence-corrected chi connectivity index (χ3v) is 3.46. The van der Waals surface area contributed by atoms with Crippen molar-refractivity contribution in [2.45, 2.75) is 32.7 Å². The molecule has 0 fully saturated rings.